The molecule has 0 radical (unpaired) electrons. The molecule has 0 aliphatic heterocycles. The van der Waals surface area contributed by atoms with Crippen LogP contribution in [0.15, 0.2) is 12.1 Å². The number of nitrogens with zero attached hydrogens (tertiary/aromatic N) is 1. The van der Waals surface area contributed by atoms with Crippen LogP contribution < -0.4 is 4.74 Å². The predicted molar refractivity (Wildman–Crippen MR) is 54.7 cm³/mol. The van der Waals surface area contributed by atoms with Crippen molar-refractivity contribution >= 4 is 28.9 Å². The maximum Gasteiger partial charge on any atom is 0.461 e. The molecule has 0 heterocycles. The number of nitro benzene ring substituents is 1. The van der Waals surface area contributed by atoms with E-state index in [0.717, 1.165) is 6.07 Å². The fourth-order valence-corrected chi connectivity index (χ4v) is 1.42. The van der Waals surface area contributed by atoms with E-state index in [1.165, 1.54) is 0 Å². The Hall–Kier alpha value is -1.28. The molecule has 10 heteroatoms. The SMILES string of the molecule is O=[N+]([O-])c1cc(OC(F)(F)C(F)F)c(Cl)cc1Cl. The molecule has 4 nitrogen and oxygen atoms in total. The van der Waals surface area contributed by atoms with E-state index in [0.29, 0.717) is 6.07 Å². The molecule has 0 aliphatic rings. The summed E-state index contributed by atoms with van der Waals surface area (Å²) in [6.45, 7) is 0. The molecule has 0 aromatic heterocycles. The fourth-order valence-electron chi connectivity index (χ4n) is 0.928. The molecule has 0 fully saturated rings. The highest BCUT2D eigenvalue weighted by atomic mass is 35.5. The van der Waals surface area contributed by atoms with Crippen LogP contribution in [-0.4, -0.2) is 17.5 Å². The number of hydrogen-bond donors (Lipinski definition) is 0. The van der Waals surface area contributed by atoms with Crippen molar-refractivity contribution in [2.75, 3.05) is 0 Å². The average molecular weight is 308 g/mol. The van der Waals surface area contributed by atoms with Crippen molar-refractivity contribution in [1.29, 1.82) is 0 Å². The molecule has 0 unspecified atom stereocenters. The Morgan fingerprint density at radius 2 is 1.83 bits per heavy atom. The van der Waals surface area contributed by atoms with Gasteiger partial charge in [-0.25, -0.2) is 0 Å². The van der Waals surface area contributed by atoms with Gasteiger partial charge < -0.3 is 4.74 Å². The fraction of sp³-hybridized carbons (Fsp3) is 0.250. The van der Waals surface area contributed by atoms with Crippen molar-refractivity contribution in [3.63, 3.8) is 0 Å². The van der Waals surface area contributed by atoms with E-state index in [1.54, 1.807) is 0 Å². The summed E-state index contributed by atoms with van der Waals surface area (Å²) in [7, 11) is 0. The van der Waals surface area contributed by atoms with E-state index in [2.05, 4.69) is 4.74 Å². The maximum absolute atomic E-state index is 12.6. The number of ether oxygens (including phenoxy) is 1. The number of alkyl halides is 4. The quantitative estimate of drug-likeness (QED) is 0.477. The van der Waals surface area contributed by atoms with Crippen molar-refractivity contribution < 1.29 is 27.2 Å². The number of hydrogen-bond acceptors (Lipinski definition) is 3. The lowest BCUT2D eigenvalue weighted by Crippen LogP contribution is -2.33. The van der Waals surface area contributed by atoms with Crippen LogP contribution in [0, 0.1) is 10.1 Å². The lowest BCUT2D eigenvalue weighted by atomic mass is 10.3. The third kappa shape index (κ3) is 3.14. The molecule has 0 saturated carbocycles. The van der Waals surface area contributed by atoms with Crippen LogP contribution in [0.3, 0.4) is 0 Å². The molecule has 18 heavy (non-hydrogen) atoms. The molecule has 0 spiro atoms. The Labute approximate surface area is 107 Å². The number of nitro groups is 1. The summed E-state index contributed by atoms with van der Waals surface area (Å²) in [5, 5.41) is 9.49. The van der Waals surface area contributed by atoms with Crippen molar-refractivity contribution in [3.8, 4) is 5.75 Å². The van der Waals surface area contributed by atoms with E-state index in [4.69, 9.17) is 23.2 Å². The molecular weight excluding hydrogens is 305 g/mol. The van der Waals surface area contributed by atoms with Crippen molar-refractivity contribution in [2.45, 2.75) is 12.5 Å². The third-order valence-electron chi connectivity index (χ3n) is 1.70. The first-order valence-corrected chi connectivity index (χ1v) is 4.89. The lowest BCUT2D eigenvalue weighted by molar-refractivity contribution is -0.384. The van der Waals surface area contributed by atoms with E-state index in [9.17, 15) is 27.7 Å². The number of benzene rings is 1. The van der Waals surface area contributed by atoms with Crippen LogP contribution in [0.5, 0.6) is 5.75 Å². The molecular formula is C8H3Cl2F4NO3. The first kappa shape index (κ1) is 14.8. The van der Waals surface area contributed by atoms with Crippen LogP contribution in [0.2, 0.25) is 10.0 Å². The molecule has 0 aliphatic carbocycles. The van der Waals surface area contributed by atoms with Crippen molar-refractivity contribution in [2.24, 2.45) is 0 Å². The minimum Gasteiger partial charge on any atom is -0.426 e. The van der Waals surface area contributed by atoms with Gasteiger partial charge in [-0.05, 0) is 6.07 Å². The Balaban J connectivity index is 3.18. The van der Waals surface area contributed by atoms with Gasteiger partial charge in [0.1, 0.15) is 5.02 Å². The van der Waals surface area contributed by atoms with Gasteiger partial charge in [0, 0.05) is 0 Å². The highest BCUT2D eigenvalue weighted by molar-refractivity contribution is 6.36. The van der Waals surface area contributed by atoms with Gasteiger partial charge in [-0.3, -0.25) is 10.1 Å². The zero-order valence-electron chi connectivity index (χ0n) is 8.17. The molecule has 0 atom stereocenters. The van der Waals surface area contributed by atoms with Gasteiger partial charge in [-0.15, -0.1) is 0 Å². The second kappa shape index (κ2) is 5.15. The van der Waals surface area contributed by atoms with E-state index < -0.39 is 38.9 Å². The number of halogens is 6. The minimum absolute atomic E-state index is 0.433. The van der Waals surface area contributed by atoms with Crippen molar-refractivity contribution in [1.82, 2.24) is 0 Å². The molecule has 1 rings (SSSR count). The Bertz CT molecular complexity index is 484. The largest absolute Gasteiger partial charge is 0.461 e. The van der Waals surface area contributed by atoms with E-state index in [1.807, 2.05) is 0 Å². The second-order valence-corrected chi connectivity index (χ2v) is 3.77. The van der Waals surface area contributed by atoms with Crippen LogP contribution in [0.1, 0.15) is 0 Å². The standard InChI is InChI=1S/C8H3Cl2F4NO3/c9-3-1-4(10)6(2-5(3)15(16)17)18-8(13,14)7(11)12/h1-2,7H. The lowest BCUT2D eigenvalue weighted by Gasteiger charge is -2.17. The van der Waals surface area contributed by atoms with E-state index in [-0.39, 0.29) is 0 Å². The topological polar surface area (TPSA) is 52.4 Å². The summed E-state index contributed by atoms with van der Waals surface area (Å²) in [6.07, 6.45) is -8.92. The third-order valence-corrected chi connectivity index (χ3v) is 2.30. The monoisotopic (exact) mass is 307 g/mol. The predicted octanol–water partition coefficient (Wildman–Crippen LogP) is 4.14. The first-order chi connectivity index (χ1) is 8.15. The average Bonchev–Trinajstić information content (AvgIpc) is 2.21. The summed E-state index contributed by atoms with van der Waals surface area (Å²) >= 11 is 10.8. The van der Waals surface area contributed by atoms with E-state index >= 15 is 0 Å². The van der Waals surface area contributed by atoms with Gasteiger partial charge in [-0.1, -0.05) is 23.2 Å². The second-order valence-electron chi connectivity index (χ2n) is 2.96. The Morgan fingerprint density at radius 3 is 2.28 bits per heavy atom. The zero-order valence-corrected chi connectivity index (χ0v) is 9.68. The summed E-state index contributed by atoms with van der Waals surface area (Å²) in [5.74, 6) is -0.960. The Kier molecular flexibility index (Phi) is 4.23. The summed E-state index contributed by atoms with van der Waals surface area (Å²) < 4.78 is 52.7. The van der Waals surface area contributed by atoms with Gasteiger partial charge in [0.05, 0.1) is 16.0 Å². The van der Waals surface area contributed by atoms with Gasteiger partial charge in [0.2, 0.25) is 0 Å². The van der Waals surface area contributed by atoms with Crippen molar-refractivity contribution in [3.05, 3.63) is 32.3 Å². The molecule has 1 aromatic carbocycles. The highest BCUT2D eigenvalue weighted by Crippen LogP contribution is 2.38. The molecule has 0 saturated heterocycles. The van der Waals surface area contributed by atoms with Crippen LogP contribution >= 0.6 is 23.2 Å². The van der Waals surface area contributed by atoms with Gasteiger partial charge in [0.25, 0.3) is 5.69 Å². The zero-order chi connectivity index (χ0) is 14.1. The van der Waals surface area contributed by atoms with Crippen LogP contribution in [-0.2, 0) is 0 Å². The maximum atomic E-state index is 12.6. The Morgan fingerprint density at radius 1 is 1.28 bits per heavy atom. The van der Waals surface area contributed by atoms with Crippen LogP contribution in [0.25, 0.3) is 0 Å². The van der Waals surface area contributed by atoms with Crippen LogP contribution in [0.4, 0.5) is 23.2 Å². The number of rotatable bonds is 4. The molecule has 100 valence electrons. The molecule has 1 aromatic rings. The molecule has 0 amide bonds. The first-order valence-electron chi connectivity index (χ1n) is 4.13. The summed E-state index contributed by atoms with van der Waals surface area (Å²) in [4.78, 5) is 9.48. The smallest absolute Gasteiger partial charge is 0.426 e. The van der Waals surface area contributed by atoms with Gasteiger partial charge in [0.15, 0.2) is 5.75 Å². The molecule has 0 bridgehead atoms. The highest BCUT2D eigenvalue weighted by Gasteiger charge is 2.44. The normalized spacial score (nSPS) is 11.7. The summed E-state index contributed by atoms with van der Waals surface area (Å²) in [5.41, 5.74) is -0.791. The summed E-state index contributed by atoms with van der Waals surface area (Å²) in [6, 6.07) is 1.19. The molecule has 0 N–H and O–H groups in total. The van der Waals surface area contributed by atoms with Gasteiger partial charge in [-0.2, -0.15) is 17.6 Å². The van der Waals surface area contributed by atoms with Gasteiger partial charge >= 0.3 is 12.5 Å². The minimum atomic E-state index is -4.81.